The molecule has 19 heavy (non-hydrogen) atoms. The minimum Gasteiger partial charge on any atom is -0.352 e. The number of hydrogen-bond acceptors (Lipinski definition) is 2. The van der Waals surface area contributed by atoms with Gasteiger partial charge in [-0.3, -0.25) is 4.79 Å². The number of alkyl halides is 1. The van der Waals surface area contributed by atoms with E-state index in [4.69, 9.17) is 23.2 Å². The highest BCUT2D eigenvalue weighted by Crippen LogP contribution is 2.24. The quantitative estimate of drug-likeness (QED) is 0.882. The Morgan fingerprint density at radius 1 is 1.47 bits per heavy atom. The van der Waals surface area contributed by atoms with Gasteiger partial charge in [-0.25, -0.2) is 4.98 Å². The van der Waals surface area contributed by atoms with Gasteiger partial charge in [-0.1, -0.05) is 17.7 Å². The number of carbonyl (C=O) groups excluding carboxylic acids is 1. The van der Waals surface area contributed by atoms with Gasteiger partial charge in [0.2, 0.25) is 5.91 Å². The molecule has 0 saturated heterocycles. The fourth-order valence-corrected chi connectivity index (χ4v) is 2.37. The number of aromatic nitrogens is 2. The third-order valence-corrected chi connectivity index (χ3v) is 3.22. The Morgan fingerprint density at radius 2 is 2.21 bits per heavy atom. The molecular weight excluding hydrogens is 285 g/mol. The number of imidazole rings is 1. The van der Waals surface area contributed by atoms with Crippen LogP contribution in [0.15, 0.2) is 18.2 Å². The van der Waals surface area contributed by atoms with E-state index in [0.717, 1.165) is 5.52 Å². The van der Waals surface area contributed by atoms with Crippen molar-refractivity contribution >= 4 is 40.1 Å². The summed E-state index contributed by atoms with van der Waals surface area (Å²) in [5, 5.41) is 3.41. The lowest BCUT2D eigenvalue weighted by Crippen LogP contribution is -2.33. The molecule has 1 N–H and O–H groups in total. The highest BCUT2D eigenvalue weighted by atomic mass is 35.5. The molecule has 0 unspecified atom stereocenters. The monoisotopic (exact) mass is 299 g/mol. The van der Waals surface area contributed by atoms with Gasteiger partial charge < -0.3 is 9.88 Å². The smallest absolute Gasteiger partial charge is 0.240 e. The Hall–Kier alpha value is -1.26. The van der Waals surface area contributed by atoms with E-state index in [2.05, 4.69) is 10.3 Å². The molecule has 0 saturated carbocycles. The van der Waals surface area contributed by atoms with Gasteiger partial charge in [-0.05, 0) is 26.0 Å². The number of carbonyl (C=O) groups is 1. The van der Waals surface area contributed by atoms with Crippen LogP contribution in [0.1, 0.15) is 19.7 Å². The van der Waals surface area contributed by atoms with Crippen LogP contribution in [0, 0.1) is 0 Å². The molecule has 6 heteroatoms. The summed E-state index contributed by atoms with van der Waals surface area (Å²) in [6.45, 7) is 4.03. The molecule has 1 aromatic heterocycles. The maximum Gasteiger partial charge on any atom is 0.240 e. The fraction of sp³-hybridized carbons (Fsp3) is 0.385. The van der Waals surface area contributed by atoms with Crippen molar-refractivity contribution in [2.45, 2.75) is 32.3 Å². The molecule has 2 aromatic rings. The Bertz CT molecular complexity index is 607. The molecule has 0 aliphatic rings. The summed E-state index contributed by atoms with van der Waals surface area (Å²) >= 11 is 12.0. The number of rotatable bonds is 4. The lowest BCUT2D eigenvalue weighted by Gasteiger charge is -2.11. The van der Waals surface area contributed by atoms with E-state index in [1.165, 1.54) is 0 Å². The number of halogens is 2. The third kappa shape index (κ3) is 3.01. The van der Waals surface area contributed by atoms with E-state index in [0.29, 0.717) is 16.4 Å². The largest absolute Gasteiger partial charge is 0.352 e. The summed E-state index contributed by atoms with van der Waals surface area (Å²) in [4.78, 5) is 16.3. The Kier molecular flexibility index (Phi) is 4.32. The van der Waals surface area contributed by atoms with E-state index in [-0.39, 0.29) is 24.4 Å². The Balaban J connectivity index is 2.41. The predicted octanol–water partition coefficient (Wildman–Crippen LogP) is 2.95. The minimum atomic E-state index is -0.0688. The highest BCUT2D eigenvalue weighted by Gasteiger charge is 2.15. The molecule has 4 nitrogen and oxygen atoms in total. The van der Waals surface area contributed by atoms with Crippen LogP contribution < -0.4 is 5.32 Å². The molecule has 0 aliphatic heterocycles. The first-order chi connectivity index (χ1) is 9.02. The molecule has 0 spiro atoms. The minimum absolute atomic E-state index is 0.0688. The zero-order chi connectivity index (χ0) is 14.0. The zero-order valence-corrected chi connectivity index (χ0v) is 12.3. The van der Waals surface area contributed by atoms with Gasteiger partial charge in [0.1, 0.15) is 17.9 Å². The van der Waals surface area contributed by atoms with Gasteiger partial charge >= 0.3 is 0 Å². The van der Waals surface area contributed by atoms with Crippen molar-refractivity contribution < 1.29 is 4.79 Å². The van der Waals surface area contributed by atoms with E-state index in [1.54, 1.807) is 10.6 Å². The average Bonchev–Trinajstić information content (AvgIpc) is 2.68. The number of hydrogen-bond donors (Lipinski definition) is 1. The lowest BCUT2D eigenvalue weighted by atomic mass is 10.3. The number of nitrogens with zero attached hydrogens (tertiary/aromatic N) is 2. The van der Waals surface area contributed by atoms with Gasteiger partial charge in [-0.15, -0.1) is 11.6 Å². The van der Waals surface area contributed by atoms with Crippen molar-refractivity contribution in [3.63, 3.8) is 0 Å². The Labute approximate surface area is 121 Å². The summed E-state index contributed by atoms with van der Waals surface area (Å²) < 4.78 is 1.80. The van der Waals surface area contributed by atoms with E-state index < -0.39 is 0 Å². The summed E-state index contributed by atoms with van der Waals surface area (Å²) in [5.41, 5.74) is 1.50. The summed E-state index contributed by atoms with van der Waals surface area (Å²) in [6, 6.07) is 5.59. The van der Waals surface area contributed by atoms with Crippen LogP contribution in [0.4, 0.5) is 0 Å². The molecule has 2 rings (SSSR count). The average molecular weight is 300 g/mol. The van der Waals surface area contributed by atoms with Crippen molar-refractivity contribution in [1.82, 2.24) is 14.9 Å². The number of para-hydroxylation sites is 1. The topological polar surface area (TPSA) is 46.9 Å². The number of nitrogens with one attached hydrogen (secondary N) is 1. The normalized spacial score (nSPS) is 11.2. The summed E-state index contributed by atoms with van der Waals surface area (Å²) in [6.07, 6.45) is 0. The highest BCUT2D eigenvalue weighted by molar-refractivity contribution is 6.35. The molecule has 1 heterocycles. The van der Waals surface area contributed by atoms with Crippen molar-refractivity contribution in [2.24, 2.45) is 0 Å². The van der Waals surface area contributed by atoms with Crippen LogP contribution in [0.5, 0.6) is 0 Å². The van der Waals surface area contributed by atoms with Crippen LogP contribution in [0.3, 0.4) is 0 Å². The molecule has 1 aromatic carbocycles. The first-order valence-corrected chi connectivity index (χ1v) is 6.93. The number of benzene rings is 1. The van der Waals surface area contributed by atoms with Gasteiger partial charge in [-0.2, -0.15) is 0 Å². The summed E-state index contributed by atoms with van der Waals surface area (Å²) in [5.74, 6) is 0.810. The zero-order valence-electron chi connectivity index (χ0n) is 10.8. The second kappa shape index (κ2) is 5.80. The molecule has 102 valence electrons. The van der Waals surface area contributed by atoms with Gasteiger partial charge in [0.25, 0.3) is 0 Å². The number of amides is 1. The van der Waals surface area contributed by atoms with Crippen molar-refractivity contribution in [3.8, 4) is 0 Å². The second-order valence-electron chi connectivity index (χ2n) is 4.58. The first kappa shape index (κ1) is 14.2. The maximum absolute atomic E-state index is 11.9. The van der Waals surface area contributed by atoms with Crippen LogP contribution in [-0.2, 0) is 17.2 Å². The molecule has 1 amide bonds. The second-order valence-corrected chi connectivity index (χ2v) is 5.25. The van der Waals surface area contributed by atoms with Gasteiger partial charge in [0, 0.05) is 6.04 Å². The molecule has 0 fully saturated rings. The Morgan fingerprint density at radius 3 is 2.84 bits per heavy atom. The third-order valence-electron chi connectivity index (χ3n) is 2.68. The van der Waals surface area contributed by atoms with E-state index >= 15 is 0 Å². The van der Waals surface area contributed by atoms with E-state index in [9.17, 15) is 4.79 Å². The SMILES string of the molecule is CC(C)NC(=O)Cn1c(CCl)nc2c(Cl)cccc21. The lowest BCUT2D eigenvalue weighted by molar-refractivity contribution is -0.122. The van der Waals surface area contributed by atoms with Crippen molar-refractivity contribution in [2.75, 3.05) is 0 Å². The number of fused-ring (bicyclic) bond motifs is 1. The van der Waals surface area contributed by atoms with Crippen molar-refractivity contribution in [1.29, 1.82) is 0 Å². The van der Waals surface area contributed by atoms with Crippen molar-refractivity contribution in [3.05, 3.63) is 29.0 Å². The maximum atomic E-state index is 11.9. The molecule has 0 radical (unpaired) electrons. The molecular formula is C13H15Cl2N3O. The molecule has 0 aliphatic carbocycles. The van der Waals surface area contributed by atoms with Gasteiger partial charge in [0.15, 0.2) is 0 Å². The van der Waals surface area contributed by atoms with Crippen LogP contribution in [-0.4, -0.2) is 21.5 Å². The van der Waals surface area contributed by atoms with Crippen LogP contribution in [0.25, 0.3) is 11.0 Å². The van der Waals surface area contributed by atoms with Crippen LogP contribution >= 0.6 is 23.2 Å². The standard InChI is InChI=1S/C13H15Cl2N3O/c1-8(2)16-12(19)7-18-10-5-3-4-9(15)13(10)17-11(18)6-14/h3-5,8H,6-7H2,1-2H3,(H,16,19). The fourth-order valence-electron chi connectivity index (χ4n) is 1.95. The van der Waals surface area contributed by atoms with E-state index in [1.807, 2.05) is 26.0 Å². The molecule has 0 bridgehead atoms. The molecule has 0 atom stereocenters. The summed E-state index contributed by atoms with van der Waals surface area (Å²) in [7, 11) is 0. The van der Waals surface area contributed by atoms with Crippen LogP contribution in [0.2, 0.25) is 5.02 Å². The van der Waals surface area contributed by atoms with Gasteiger partial charge in [0.05, 0.1) is 16.4 Å². The predicted molar refractivity (Wildman–Crippen MR) is 77.6 cm³/mol. The first-order valence-electron chi connectivity index (χ1n) is 6.02.